The molecule has 0 aromatic carbocycles. The van der Waals surface area contributed by atoms with Crippen LogP contribution in [0.2, 0.25) is 0 Å². The Morgan fingerprint density at radius 2 is 2.05 bits per heavy atom. The van der Waals surface area contributed by atoms with Crippen molar-refractivity contribution in [3.8, 4) is 0 Å². The molecule has 0 spiro atoms. The Bertz CT molecular complexity index is 395. The Morgan fingerprint density at radius 1 is 1.35 bits per heavy atom. The van der Waals surface area contributed by atoms with Gasteiger partial charge in [-0.25, -0.2) is 4.98 Å². The van der Waals surface area contributed by atoms with Crippen molar-refractivity contribution < 1.29 is 17.9 Å². The van der Waals surface area contributed by atoms with Crippen molar-refractivity contribution in [2.45, 2.75) is 51.4 Å². The first-order valence-corrected chi connectivity index (χ1v) is 7.54. The standard InChI is InChI=1S/C13H21F3N2OS/c1-4-6-9(19-3)11(17-7-5-2)10-8-18-12(20-10)13(14,15)16/h8-9,11,17H,4-7H2,1-3H3. The largest absolute Gasteiger partial charge is 0.443 e. The normalized spacial score (nSPS) is 15.3. The van der Waals surface area contributed by atoms with Crippen LogP contribution >= 0.6 is 11.3 Å². The van der Waals surface area contributed by atoms with Crippen LogP contribution in [-0.2, 0) is 10.9 Å². The van der Waals surface area contributed by atoms with E-state index in [1.54, 1.807) is 7.11 Å². The molecule has 3 nitrogen and oxygen atoms in total. The van der Waals surface area contributed by atoms with Gasteiger partial charge in [0.05, 0.1) is 12.1 Å². The van der Waals surface area contributed by atoms with E-state index in [0.29, 0.717) is 16.2 Å². The van der Waals surface area contributed by atoms with Gasteiger partial charge in [0.25, 0.3) is 0 Å². The molecule has 1 aromatic rings. The highest BCUT2D eigenvalue weighted by molar-refractivity contribution is 7.11. The Kier molecular flexibility index (Phi) is 6.91. The summed E-state index contributed by atoms with van der Waals surface area (Å²) in [6.07, 6.45) is -0.615. The van der Waals surface area contributed by atoms with Crippen LogP contribution in [0.1, 0.15) is 49.0 Å². The number of methoxy groups -OCH3 is 1. The molecule has 0 saturated heterocycles. The van der Waals surface area contributed by atoms with Crippen molar-refractivity contribution in [1.29, 1.82) is 0 Å². The van der Waals surface area contributed by atoms with Crippen LogP contribution in [-0.4, -0.2) is 24.7 Å². The molecule has 1 rings (SSSR count). The summed E-state index contributed by atoms with van der Waals surface area (Å²) in [4.78, 5) is 4.07. The van der Waals surface area contributed by atoms with Gasteiger partial charge in [0, 0.05) is 18.2 Å². The van der Waals surface area contributed by atoms with Crippen molar-refractivity contribution in [2.24, 2.45) is 0 Å². The van der Waals surface area contributed by atoms with Crippen molar-refractivity contribution in [3.05, 3.63) is 16.1 Å². The zero-order valence-electron chi connectivity index (χ0n) is 12.0. The highest BCUT2D eigenvalue weighted by atomic mass is 32.1. The summed E-state index contributed by atoms with van der Waals surface area (Å²) in [6.45, 7) is 4.77. The first-order chi connectivity index (χ1) is 9.43. The lowest BCUT2D eigenvalue weighted by Gasteiger charge is -2.25. The first-order valence-electron chi connectivity index (χ1n) is 6.73. The fraction of sp³-hybridized carbons (Fsp3) is 0.769. The molecule has 20 heavy (non-hydrogen) atoms. The number of alkyl halides is 3. The number of hydrogen-bond acceptors (Lipinski definition) is 4. The van der Waals surface area contributed by atoms with Crippen LogP contribution in [0.5, 0.6) is 0 Å². The number of aromatic nitrogens is 1. The van der Waals surface area contributed by atoms with Crippen LogP contribution in [0.15, 0.2) is 6.20 Å². The molecule has 0 aliphatic rings. The quantitative estimate of drug-likeness (QED) is 0.787. The average molecular weight is 310 g/mol. The average Bonchev–Trinajstić information content (AvgIpc) is 2.87. The molecule has 0 fully saturated rings. The summed E-state index contributed by atoms with van der Waals surface area (Å²) < 4.78 is 43.4. The lowest BCUT2D eigenvalue weighted by Crippen LogP contribution is -2.33. The monoisotopic (exact) mass is 310 g/mol. The highest BCUT2D eigenvalue weighted by Crippen LogP contribution is 2.35. The van der Waals surface area contributed by atoms with E-state index in [-0.39, 0.29) is 12.1 Å². The Labute approximate surface area is 121 Å². The summed E-state index contributed by atoms with van der Waals surface area (Å²) >= 11 is 0.689. The number of rotatable bonds is 8. The van der Waals surface area contributed by atoms with Gasteiger partial charge in [0.1, 0.15) is 0 Å². The van der Waals surface area contributed by atoms with Gasteiger partial charge in [0.15, 0.2) is 5.01 Å². The minimum atomic E-state index is -4.38. The maximum atomic E-state index is 12.6. The van der Waals surface area contributed by atoms with E-state index in [9.17, 15) is 13.2 Å². The molecule has 0 amide bonds. The third-order valence-electron chi connectivity index (χ3n) is 2.93. The number of halogens is 3. The molecule has 1 aromatic heterocycles. The fourth-order valence-electron chi connectivity index (χ4n) is 1.98. The molecule has 1 N–H and O–H groups in total. The number of hydrogen-bond donors (Lipinski definition) is 1. The Hall–Kier alpha value is -0.660. The third kappa shape index (κ3) is 4.71. The molecule has 0 aliphatic carbocycles. The van der Waals surface area contributed by atoms with Crippen LogP contribution < -0.4 is 5.32 Å². The third-order valence-corrected chi connectivity index (χ3v) is 4.06. The van der Waals surface area contributed by atoms with E-state index in [2.05, 4.69) is 10.3 Å². The smallest absolute Gasteiger partial charge is 0.379 e. The molecule has 1 heterocycles. The van der Waals surface area contributed by atoms with Crippen molar-refractivity contribution in [3.63, 3.8) is 0 Å². The minimum Gasteiger partial charge on any atom is -0.379 e. The molecule has 0 aliphatic heterocycles. The molecule has 7 heteroatoms. The van der Waals surface area contributed by atoms with Gasteiger partial charge in [-0.1, -0.05) is 20.3 Å². The van der Waals surface area contributed by atoms with Crippen LogP contribution in [0.3, 0.4) is 0 Å². The number of thiazole rings is 1. The van der Waals surface area contributed by atoms with Crippen LogP contribution in [0, 0.1) is 0 Å². The summed E-state index contributed by atoms with van der Waals surface area (Å²) in [7, 11) is 1.59. The zero-order chi connectivity index (χ0) is 15.2. The van der Waals surface area contributed by atoms with Gasteiger partial charge in [-0.05, 0) is 19.4 Å². The highest BCUT2D eigenvalue weighted by Gasteiger charge is 2.36. The zero-order valence-corrected chi connectivity index (χ0v) is 12.8. The SMILES string of the molecule is CCCNC(c1cnc(C(F)(F)F)s1)C(CCC)OC. The predicted molar refractivity (Wildman–Crippen MR) is 73.9 cm³/mol. The summed E-state index contributed by atoms with van der Waals surface area (Å²) in [6, 6.07) is -0.242. The van der Waals surface area contributed by atoms with Gasteiger partial charge in [0.2, 0.25) is 0 Å². The van der Waals surface area contributed by atoms with Gasteiger partial charge in [-0.3, -0.25) is 0 Å². The van der Waals surface area contributed by atoms with Gasteiger partial charge in [-0.15, -0.1) is 11.3 Å². The maximum absolute atomic E-state index is 12.6. The lowest BCUT2D eigenvalue weighted by molar-refractivity contribution is -0.137. The molecular formula is C13H21F3N2OS. The van der Waals surface area contributed by atoms with Crippen LogP contribution in [0.25, 0.3) is 0 Å². The van der Waals surface area contributed by atoms with Gasteiger partial charge < -0.3 is 10.1 Å². The molecular weight excluding hydrogens is 289 g/mol. The number of ether oxygens (including phenoxy) is 1. The summed E-state index contributed by atoms with van der Waals surface area (Å²) in [5.74, 6) is 0. The molecule has 0 saturated carbocycles. The first kappa shape index (κ1) is 17.4. The topological polar surface area (TPSA) is 34.2 Å². The van der Waals surface area contributed by atoms with E-state index in [4.69, 9.17) is 4.74 Å². The second-order valence-electron chi connectivity index (χ2n) is 4.56. The Balaban J connectivity index is 2.94. The molecule has 0 bridgehead atoms. The van der Waals surface area contributed by atoms with E-state index in [1.807, 2.05) is 13.8 Å². The molecule has 116 valence electrons. The van der Waals surface area contributed by atoms with Gasteiger partial charge >= 0.3 is 6.18 Å². The fourth-order valence-corrected chi connectivity index (χ4v) is 2.89. The number of nitrogens with one attached hydrogen (secondary N) is 1. The van der Waals surface area contributed by atoms with E-state index < -0.39 is 11.2 Å². The van der Waals surface area contributed by atoms with Gasteiger partial charge in [-0.2, -0.15) is 13.2 Å². The van der Waals surface area contributed by atoms with Crippen molar-refractivity contribution in [1.82, 2.24) is 10.3 Å². The van der Waals surface area contributed by atoms with E-state index >= 15 is 0 Å². The second-order valence-corrected chi connectivity index (χ2v) is 5.62. The summed E-state index contributed by atoms with van der Waals surface area (Å²) in [5, 5.41) is 2.46. The number of nitrogens with zero attached hydrogens (tertiary/aromatic N) is 1. The molecule has 2 unspecified atom stereocenters. The predicted octanol–water partition coefficient (Wildman–Crippen LogP) is 4.02. The lowest BCUT2D eigenvalue weighted by atomic mass is 10.0. The Morgan fingerprint density at radius 3 is 2.50 bits per heavy atom. The van der Waals surface area contributed by atoms with Crippen molar-refractivity contribution in [2.75, 3.05) is 13.7 Å². The van der Waals surface area contributed by atoms with Crippen LogP contribution in [0.4, 0.5) is 13.2 Å². The maximum Gasteiger partial charge on any atom is 0.443 e. The minimum absolute atomic E-state index is 0.145. The van der Waals surface area contributed by atoms with E-state index in [0.717, 1.165) is 25.8 Å². The van der Waals surface area contributed by atoms with Crippen molar-refractivity contribution >= 4 is 11.3 Å². The second kappa shape index (κ2) is 7.95. The molecule has 2 atom stereocenters. The molecule has 0 radical (unpaired) electrons. The summed E-state index contributed by atoms with van der Waals surface area (Å²) in [5.41, 5.74) is 0. The van der Waals surface area contributed by atoms with E-state index in [1.165, 1.54) is 6.20 Å².